The Labute approximate surface area is 173 Å². The van der Waals surface area contributed by atoms with Crippen LogP contribution in [0.25, 0.3) is 6.08 Å². The molecule has 29 heavy (non-hydrogen) atoms. The molecule has 2 aromatic rings. The van der Waals surface area contributed by atoms with E-state index in [1.54, 1.807) is 22.5 Å². The van der Waals surface area contributed by atoms with E-state index >= 15 is 0 Å². The van der Waals surface area contributed by atoms with Crippen molar-refractivity contribution in [1.82, 2.24) is 9.62 Å². The van der Waals surface area contributed by atoms with Gasteiger partial charge in [0.25, 0.3) is 0 Å². The summed E-state index contributed by atoms with van der Waals surface area (Å²) in [4.78, 5) is 12.4. The highest BCUT2D eigenvalue weighted by Crippen LogP contribution is 2.27. The summed E-state index contributed by atoms with van der Waals surface area (Å²) in [6, 6.07) is 16.5. The number of amides is 1. The molecule has 0 radical (unpaired) electrons. The third-order valence-corrected chi connectivity index (χ3v) is 7.17. The van der Waals surface area contributed by atoms with E-state index in [1.165, 1.54) is 6.08 Å². The smallest absolute Gasteiger partial charge is 0.243 e. The molecular formula is C23H28N2O3S. The summed E-state index contributed by atoms with van der Waals surface area (Å²) in [5.74, 6) is -0.169. The van der Waals surface area contributed by atoms with Crippen molar-refractivity contribution in [3.8, 4) is 0 Å². The van der Waals surface area contributed by atoms with Crippen LogP contribution in [0.5, 0.6) is 0 Å². The standard InChI is InChI=1S/C23H28N2O3S/c1-19-10-13-22(14-11-19)29(27,28)25-18-6-5-9-21(25)16-17-24-23(26)15-12-20-7-3-2-4-8-20/h2-4,7-8,10-15,21H,5-6,9,16-18H2,1H3,(H,24,26)/b15-12+. The third kappa shape index (κ3) is 5.78. The van der Waals surface area contributed by atoms with Gasteiger partial charge in [0, 0.05) is 25.2 Å². The number of aryl methyl sites for hydroxylation is 1. The first-order chi connectivity index (χ1) is 14.0. The number of piperidine rings is 1. The molecule has 0 spiro atoms. The minimum atomic E-state index is -3.52. The zero-order valence-corrected chi connectivity index (χ0v) is 17.6. The summed E-state index contributed by atoms with van der Waals surface area (Å²) in [6.07, 6.45) is 6.58. The Balaban J connectivity index is 1.58. The van der Waals surface area contributed by atoms with E-state index in [4.69, 9.17) is 0 Å². The molecule has 1 amide bonds. The molecule has 0 aromatic heterocycles. The third-order valence-electron chi connectivity index (χ3n) is 5.20. The van der Waals surface area contributed by atoms with E-state index in [0.29, 0.717) is 24.4 Å². The van der Waals surface area contributed by atoms with Crippen LogP contribution in [-0.4, -0.2) is 37.8 Å². The van der Waals surface area contributed by atoms with Crippen molar-refractivity contribution >= 4 is 22.0 Å². The molecule has 0 saturated carbocycles. The van der Waals surface area contributed by atoms with Crippen LogP contribution in [0.4, 0.5) is 0 Å². The maximum Gasteiger partial charge on any atom is 0.243 e. The summed E-state index contributed by atoms with van der Waals surface area (Å²) in [5, 5.41) is 2.87. The second-order valence-corrected chi connectivity index (χ2v) is 9.29. The fraction of sp³-hybridized carbons (Fsp3) is 0.348. The lowest BCUT2D eigenvalue weighted by molar-refractivity contribution is -0.116. The van der Waals surface area contributed by atoms with Crippen LogP contribution in [0.2, 0.25) is 0 Å². The van der Waals surface area contributed by atoms with Crippen LogP contribution in [0.3, 0.4) is 0 Å². The predicted molar refractivity (Wildman–Crippen MR) is 116 cm³/mol. The SMILES string of the molecule is Cc1ccc(S(=O)(=O)N2CCCCC2CCNC(=O)/C=C/c2ccccc2)cc1. The summed E-state index contributed by atoms with van der Waals surface area (Å²) in [5.41, 5.74) is 2.00. The molecule has 1 unspecified atom stereocenters. The van der Waals surface area contributed by atoms with Crippen LogP contribution < -0.4 is 5.32 Å². The van der Waals surface area contributed by atoms with Gasteiger partial charge in [0.05, 0.1) is 4.90 Å². The number of hydrogen-bond donors (Lipinski definition) is 1. The van der Waals surface area contributed by atoms with Gasteiger partial charge in [-0.2, -0.15) is 4.31 Å². The zero-order valence-electron chi connectivity index (χ0n) is 16.8. The molecule has 1 aliphatic rings. The summed E-state index contributed by atoms with van der Waals surface area (Å²) >= 11 is 0. The minimum Gasteiger partial charge on any atom is -0.352 e. The maximum atomic E-state index is 13.1. The van der Waals surface area contributed by atoms with Gasteiger partial charge in [-0.15, -0.1) is 0 Å². The van der Waals surface area contributed by atoms with E-state index in [9.17, 15) is 13.2 Å². The molecule has 3 rings (SSSR count). The van der Waals surface area contributed by atoms with Gasteiger partial charge < -0.3 is 5.32 Å². The molecule has 1 atom stereocenters. The molecule has 0 aliphatic carbocycles. The van der Waals surface area contributed by atoms with Crippen molar-refractivity contribution in [3.05, 3.63) is 71.8 Å². The second kappa shape index (κ2) is 9.85. The number of hydrogen-bond acceptors (Lipinski definition) is 3. The highest BCUT2D eigenvalue weighted by molar-refractivity contribution is 7.89. The van der Waals surface area contributed by atoms with E-state index in [2.05, 4.69) is 5.32 Å². The number of carbonyl (C=O) groups is 1. The molecule has 1 saturated heterocycles. The van der Waals surface area contributed by atoms with Gasteiger partial charge in [-0.05, 0) is 50.0 Å². The lowest BCUT2D eigenvalue weighted by atomic mass is 10.0. The highest BCUT2D eigenvalue weighted by Gasteiger charge is 2.33. The first kappa shape index (κ1) is 21.3. The number of nitrogens with one attached hydrogen (secondary N) is 1. The number of carbonyl (C=O) groups excluding carboxylic acids is 1. The molecule has 1 fully saturated rings. The summed E-state index contributed by atoms with van der Waals surface area (Å²) in [7, 11) is -3.52. The average molecular weight is 413 g/mol. The Morgan fingerprint density at radius 3 is 2.55 bits per heavy atom. The van der Waals surface area contributed by atoms with Gasteiger partial charge in [0.2, 0.25) is 15.9 Å². The van der Waals surface area contributed by atoms with Gasteiger partial charge in [-0.3, -0.25) is 4.79 Å². The Morgan fingerprint density at radius 2 is 1.83 bits per heavy atom. The second-order valence-electron chi connectivity index (χ2n) is 7.40. The van der Waals surface area contributed by atoms with Gasteiger partial charge in [0.15, 0.2) is 0 Å². The van der Waals surface area contributed by atoms with Crippen LogP contribution in [0.1, 0.15) is 36.8 Å². The lowest BCUT2D eigenvalue weighted by Gasteiger charge is -2.34. The molecule has 5 nitrogen and oxygen atoms in total. The van der Waals surface area contributed by atoms with E-state index < -0.39 is 10.0 Å². The first-order valence-electron chi connectivity index (χ1n) is 10.1. The molecule has 6 heteroatoms. The Bertz CT molecular complexity index is 938. The van der Waals surface area contributed by atoms with Crippen LogP contribution >= 0.6 is 0 Å². The molecule has 2 aromatic carbocycles. The molecule has 1 N–H and O–H groups in total. The van der Waals surface area contributed by atoms with Crippen molar-refractivity contribution in [3.63, 3.8) is 0 Å². The first-order valence-corrected chi connectivity index (χ1v) is 11.5. The summed E-state index contributed by atoms with van der Waals surface area (Å²) in [6.45, 7) is 2.92. The van der Waals surface area contributed by atoms with Crippen LogP contribution in [0.15, 0.2) is 65.6 Å². The quantitative estimate of drug-likeness (QED) is 0.704. The normalized spacial score (nSPS) is 18.0. The molecule has 0 bridgehead atoms. The number of rotatable bonds is 7. The van der Waals surface area contributed by atoms with E-state index in [-0.39, 0.29) is 11.9 Å². The number of benzene rings is 2. The van der Waals surface area contributed by atoms with Crippen molar-refractivity contribution in [1.29, 1.82) is 0 Å². The zero-order chi connectivity index (χ0) is 20.7. The number of sulfonamides is 1. The monoisotopic (exact) mass is 412 g/mol. The van der Waals surface area contributed by atoms with Crippen LogP contribution in [0, 0.1) is 6.92 Å². The largest absolute Gasteiger partial charge is 0.352 e. The van der Waals surface area contributed by atoms with Gasteiger partial charge >= 0.3 is 0 Å². The van der Waals surface area contributed by atoms with Gasteiger partial charge in [0.1, 0.15) is 0 Å². The minimum absolute atomic E-state index is 0.0894. The molecule has 1 heterocycles. The molecular weight excluding hydrogens is 384 g/mol. The van der Waals surface area contributed by atoms with Gasteiger partial charge in [-0.1, -0.05) is 54.4 Å². The Morgan fingerprint density at radius 1 is 1.10 bits per heavy atom. The maximum absolute atomic E-state index is 13.1. The van der Waals surface area contributed by atoms with Crippen molar-refractivity contribution in [2.75, 3.05) is 13.1 Å². The van der Waals surface area contributed by atoms with E-state index in [0.717, 1.165) is 30.4 Å². The molecule has 1 aliphatic heterocycles. The fourth-order valence-electron chi connectivity index (χ4n) is 3.58. The fourth-order valence-corrected chi connectivity index (χ4v) is 5.31. The predicted octanol–water partition coefficient (Wildman–Crippen LogP) is 3.76. The Kier molecular flexibility index (Phi) is 7.23. The van der Waals surface area contributed by atoms with Gasteiger partial charge in [-0.25, -0.2) is 8.42 Å². The highest BCUT2D eigenvalue weighted by atomic mass is 32.2. The van der Waals surface area contributed by atoms with Crippen LogP contribution in [-0.2, 0) is 14.8 Å². The molecule has 154 valence electrons. The topological polar surface area (TPSA) is 66.5 Å². The average Bonchev–Trinajstić information content (AvgIpc) is 2.73. The van der Waals surface area contributed by atoms with Crippen molar-refractivity contribution in [2.45, 2.75) is 43.5 Å². The lowest BCUT2D eigenvalue weighted by Crippen LogP contribution is -2.45. The number of nitrogens with zero attached hydrogens (tertiary/aromatic N) is 1. The van der Waals surface area contributed by atoms with Crippen molar-refractivity contribution < 1.29 is 13.2 Å². The Hall–Kier alpha value is -2.44. The van der Waals surface area contributed by atoms with E-state index in [1.807, 2.05) is 49.4 Å². The summed E-state index contributed by atoms with van der Waals surface area (Å²) < 4.78 is 27.8. The van der Waals surface area contributed by atoms with Crippen molar-refractivity contribution in [2.24, 2.45) is 0 Å².